The number of aromatic nitrogens is 3. The van der Waals surface area contributed by atoms with Crippen LogP contribution < -0.4 is 11.1 Å². The van der Waals surface area contributed by atoms with Gasteiger partial charge in [-0.2, -0.15) is 0 Å². The standard InChI is InChI=1S/C22H30N6O3/c1-31-13-22(12-25-21(30)16-4-2-5-17-20(16)27-14-26-17)7-3-9-28(22)19(29)11-15-6-8-24-18(23)10-15/h6,8,10,14,16H,2-5,7,9,11-13H2,1H3,(H2,23,24)(H,25,30)(H,26,27). The van der Waals surface area contributed by atoms with E-state index in [1.807, 2.05) is 4.90 Å². The van der Waals surface area contributed by atoms with E-state index in [-0.39, 0.29) is 24.2 Å². The van der Waals surface area contributed by atoms with Crippen molar-refractivity contribution in [3.8, 4) is 0 Å². The molecule has 2 atom stereocenters. The molecule has 166 valence electrons. The molecule has 0 bridgehead atoms. The van der Waals surface area contributed by atoms with Crippen LogP contribution >= 0.6 is 0 Å². The summed E-state index contributed by atoms with van der Waals surface area (Å²) in [5.41, 5.74) is 7.93. The lowest BCUT2D eigenvalue weighted by atomic mass is 9.88. The minimum absolute atomic E-state index is 0.00153. The number of H-pyrrole nitrogens is 1. The number of rotatable bonds is 7. The number of nitrogens with two attached hydrogens (primary N) is 1. The van der Waals surface area contributed by atoms with Gasteiger partial charge in [0.1, 0.15) is 5.82 Å². The van der Waals surface area contributed by atoms with E-state index >= 15 is 0 Å². The quantitative estimate of drug-likeness (QED) is 0.610. The van der Waals surface area contributed by atoms with E-state index in [0.717, 1.165) is 49.1 Å². The molecule has 2 aromatic rings. The number of nitrogens with zero attached hydrogens (tertiary/aromatic N) is 3. The Bertz CT molecular complexity index is 945. The predicted molar refractivity (Wildman–Crippen MR) is 115 cm³/mol. The van der Waals surface area contributed by atoms with Gasteiger partial charge in [-0.15, -0.1) is 0 Å². The first-order chi connectivity index (χ1) is 15.0. The Morgan fingerprint density at radius 3 is 3.06 bits per heavy atom. The van der Waals surface area contributed by atoms with E-state index in [1.54, 1.807) is 31.8 Å². The highest BCUT2D eigenvalue weighted by atomic mass is 16.5. The Hall–Kier alpha value is -2.94. The van der Waals surface area contributed by atoms with Crippen LogP contribution in [-0.2, 0) is 27.2 Å². The molecule has 4 rings (SSSR count). The van der Waals surface area contributed by atoms with Gasteiger partial charge in [0, 0.05) is 32.1 Å². The Balaban J connectivity index is 1.46. The van der Waals surface area contributed by atoms with Crippen LogP contribution in [0.2, 0.25) is 0 Å². The zero-order valence-electron chi connectivity index (χ0n) is 17.9. The number of nitrogens with one attached hydrogen (secondary N) is 2. The number of carbonyl (C=O) groups excluding carboxylic acids is 2. The zero-order valence-corrected chi connectivity index (χ0v) is 17.9. The number of aromatic amines is 1. The van der Waals surface area contributed by atoms with Crippen molar-refractivity contribution in [1.82, 2.24) is 25.2 Å². The third-order valence-electron chi connectivity index (χ3n) is 6.42. The summed E-state index contributed by atoms with van der Waals surface area (Å²) in [6, 6.07) is 3.52. The fourth-order valence-corrected chi connectivity index (χ4v) is 4.94. The molecule has 1 aliphatic carbocycles. The van der Waals surface area contributed by atoms with Crippen molar-refractivity contribution >= 4 is 17.6 Å². The van der Waals surface area contributed by atoms with Gasteiger partial charge in [-0.05, 0) is 49.8 Å². The van der Waals surface area contributed by atoms with Crippen LogP contribution in [0.5, 0.6) is 0 Å². The summed E-state index contributed by atoms with van der Waals surface area (Å²) in [4.78, 5) is 39.6. The van der Waals surface area contributed by atoms with E-state index in [1.165, 1.54) is 0 Å². The molecule has 1 aliphatic heterocycles. The number of anilines is 1. The maximum absolute atomic E-state index is 13.2. The number of amides is 2. The molecular formula is C22H30N6O3. The molecule has 2 aliphatic rings. The van der Waals surface area contributed by atoms with Crippen molar-refractivity contribution in [2.75, 3.05) is 32.5 Å². The first kappa shape index (κ1) is 21.3. The van der Waals surface area contributed by atoms with Gasteiger partial charge >= 0.3 is 0 Å². The molecule has 1 saturated heterocycles. The van der Waals surface area contributed by atoms with Gasteiger partial charge in [-0.3, -0.25) is 9.59 Å². The molecule has 1 fully saturated rings. The normalized spacial score (nSPS) is 22.9. The van der Waals surface area contributed by atoms with Crippen LogP contribution in [0, 0.1) is 0 Å². The van der Waals surface area contributed by atoms with E-state index in [0.29, 0.717) is 25.5 Å². The second-order valence-electron chi connectivity index (χ2n) is 8.50. The van der Waals surface area contributed by atoms with Gasteiger partial charge in [0.25, 0.3) is 0 Å². The summed E-state index contributed by atoms with van der Waals surface area (Å²) in [6.45, 7) is 1.38. The van der Waals surface area contributed by atoms with Gasteiger partial charge in [-0.1, -0.05) is 0 Å². The Labute approximate surface area is 181 Å². The summed E-state index contributed by atoms with van der Waals surface area (Å²) < 4.78 is 5.51. The topological polar surface area (TPSA) is 126 Å². The lowest BCUT2D eigenvalue weighted by Gasteiger charge is -2.38. The highest BCUT2D eigenvalue weighted by Crippen LogP contribution is 2.32. The second-order valence-corrected chi connectivity index (χ2v) is 8.50. The van der Waals surface area contributed by atoms with Gasteiger partial charge in [0.15, 0.2) is 0 Å². The molecule has 2 aromatic heterocycles. The van der Waals surface area contributed by atoms with Crippen molar-refractivity contribution in [1.29, 1.82) is 0 Å². The van der Waals surface area contributed by atoms with Crippen molar-refractivity contribution in [2.24, 2.45) is 0 Å². The van der Waals surface area contributed by atoms with Gasteiger partial charge in [0.05, 0.1) is 36.5 Å². The van der Waals surface area contributed by atoms with Crippen molar-refractivity contribution in [3.63, 3.8) is 0 Å². The van der Waals surface area contributed by atoms with E-state index in [4.69, 9.17) is 10.5 Å². The minimum Gasteiger partial charge on any atom is -0.384 e. The number of carbonyl (C=O) groups is 2. The third-order valence-corrected chi connectivity index (χ3v) is 6.42. The van der Waals surface area contributed by atoms with Crippen LogP contribution in [0.4, 0.5) is 5.82 Å². The minimum atomic E-state index is -0.552. The highest BCUT2D eigenvalue weighted by molar-refractivity contribution is 5.84. The van der Waals surface area contributed by atoms with Gasteiger partial charge in [-0.25, -0.2) is 9.97 Å². The van der Waals surface area contributed by atoms with Crippen LogP contribution in [0.25, 0.3) is 0 Å². The number of nitrogen functional groups attached to an aromatic ring is 1. The first-order valence-corrected chi connectivity index (χ1v) is 10.8. The lowest BCUT2D eigenvalue weighted by molar-refractivity contribution is -0.137. The molecule has 9 nitrogen and oxygen atoms in total. The Morgan fingerprint density at radius 2 is 2.26 bits per heavy atom. The van der Waals surface area contributed by atoms with E-state index < -0.39 is 5.54 Å². The number of methoxy groups -OCH3 is 1. The average Bonchev–Trinajstić information content (AvgIpc) is 3.39. The van der Waals surface area contributed by atoms with E-state index in [2.05, 4.69) is 20.3 Å². The zero-order chi connectivity index (χ0) is 21.8. The Morgan fingerprint density at radius 1 is 1.39 bits per heavy atom. The molecule has 0 saturated carbocycles. The van der Waals surface area contributed by atoms with Crippen LogP contribution in [0.1, 0.15) is 48.6 Å². The second kappa shape index (κ2) is 9.05. The van der Waals surface area contributed by atoms with Crippen molar-refractivity contribution < 1.29 is 14.3 Å². The average molecular weight is 427 g/mol. The smallest absolute Gasteiger partial charge is 0.229 e. The molecule has 0 spiro atoms. The SMILES string of the molecule is COCC1(CNC(=O)C2CCCc3[nH]cnc32)CCCN1C(=O)Cc1ccnc(N)c1. The number of hydrogen-bond donors (Lipinski definition) is 3. The number of aryl methyl sites for hydroxylation is 1. The fraction of sp³-hybridized carbons (Fsp3) is 0.545. The Kier molecular flexibility index (Phi) is 6.22. The molecule has 2 amide bonds. The summed E-state index contributed by atoms with van der Waals surface area (Å²) >= 11 is 0. The van der Waals surface area contributed by atoms with Gasteiger partial charge in [0.2, 0.25) is 11.8 Å². The highest BCUT2D eigenvalue weighted by Gasteiger charge is 2.44. The molecular weight excluding hydrogens is 396 g/mol. The number of ether oxygens (including phenoxy) is 1. The number of fused-ring (bicyclic) bond motifs is 1. The molecule has 3 heterocycles. The molecule has 2 unspecified atom stereocenters. The predicted octanol–water partition coefficient (Wildman–Crippen LogP) is 1.17. The third kappa shape index (κ3) is 4.41. The number of hydrogen-bond acceptors (Lipinski definition) is 6. The fourth-order valence-electron chi connectivity index (χ4n) is 4.94. The van der Waals surface area contributed by atoms with Crippen molar-refractivity contribution in [3.05, 3.63) is 41.6 Å². The summed E-state index contributed by atoms with van der Waals surface area (Å²) in [5.74, 6) is 0.110. The summed E-state index contributed by atoms with van der Waals surface area (Å²) in [7, 11) is 1.63. The van der Waals surface area contributed by atoms with Gasteiger partial charge < -0.3 is 25.7 Å². The molecule has 9 heteroatoms. The molecule has 0 radical (unpaired) electrons. The summed E-state index contributed by atoms with van der Waals surface area (Å²) in [5, 5.41) is 3.11. The molecule has 31 heavy (non-hydrogen) atoms. The molecule has 0 aromatic carbocycles. The number of pyridine rings is 1. The first-order valence-electron chi connectivity index (χ1n) is 10.8. The number of imidazole rings is 1. The maximum atomic E-state index is 13.2. The van der Waals surface area contributed by atoms with E-state index in [9.17, 15) is 9.59 Å². The van der Waals surface area contributed by atoms with Crippen LogP contribution in [-0.4, -0.2) is 64.0 Å². The molecule has 4 N–H and O–H groups in total. The van der Waals surface area contributed by atoms with Crippen LogP contribution in [0.3, 0.4) is 0 Å². The van der Waals surface area contributed by atoms with Crippen LogP contribution in [0.15, 0.2) is 24.7 Å². The van der Waals surface area contributed by atoms with Crippen molar-refractivity contribution in [2.45, 2.75) is 50.0 Å². The largest absolute Gasteiger partial charge is 0.384 e. The number of likely N-dealkylation sites (tertiary alicyclic amines) is 1. The summed E-state index contributed by atoms with van der Waals surface area (Å²) in [6.07, 6.45) is 7.83. The maximum Gasteiger partial charge on any atom is 0.229 e. The monoisotopic (exact) mass is 426 g/mol. The lowest BCUT2D eigenvalue weighted by Crippen LogP contribution is -2.57.